The van der Waals surface area contributed by atoms with Crippen molar-refractivity contribution in [3.05, 3.63) is 58.5 Å². The highest BCUT2D eigenvalue weighted by Crippen LogP contribution is 2.50. The molecule has 3 heteroatoms. The third kappa shape index (κ3) is 3.50. The van der Waals surface area contributed by atoms with Gasteiger partial charge in [-0.3, -0.25) is 5.87 Å². The molecule has 0 bridgehead atoms. The van der Waals surface area contributed by atoms with Crippen LogP contribution in [0.4, 0.5) is 0 Å². The highest BCUT2D eigenvalue weighted by Gasteiger charge is 2.44. The van der Waals surface area contributed by atoms with E-state index in [1.54, 1.807) is 0 Å². The Hall–Kier alpha value is -2.43. The van der Waals surface area contributed by atoms with Gasteiger partial charge in [-0.05, 0) is 37.7 Å². The number of hydrogen-bond donors (Lipinski definition) is 0. The molecule has 3 aliphatic rings. The normalized spacial score (nSPS) is 33.5. The molecule has 144 valence electrons. The molecule has 0 amide bonds. The molecule has 1 aromatic carbocycles. The van der Waals surface area contributed by atoms with Crippen LogP contribution in [0.2, 0.25) is 0 Å². The lowest BCUT2D eigenvalue weighted by Crippen LogP contribution is -2.38. The summed E-state index contributed by atoms with van der Waals surface area (Å²) in [7, 11) is 0. The summed E-state index contributed by atoms with van der Waals surface area (Å²) in [6.45, 7) is 3.38. The third-order valence-corrected chi connectivity index (χ3v) is 7.09. The van der Waals surface area contributed by atoms with Gasteiger partial charge in [0.05, 0.1) is 11.5 Å². The van der Waals surface area contributed by atoms with Crippen LogP contribution in [-0.2, 0) is 0 Å². The maximum Gasteiger partial charge on any atom is 0.149 e. The predicted molar refractivity (Wildman–Crippen MR) is 114 cm³/mol. The summed E-state index contributed by atoms with van der Waals surface area (Å²) in [5, 5.41) is 19.4. The number of fused-ring (bicyclic) bond motifs is 1. The Morgan fingerprint density at radius 2 is 2.00 bits per heavy atom. The van der Waals surface area contributed by atoms with E-state index >= 15 is 0 Å². The summed E-state index contributed by atoms with van der Waals surface area (Å²) >= 11 is 0. The Morgan fingerprint density at radius 1 is 1.18 bits per heavy atom. The average molecular weight is 372 g/mol. The maximum absolute atomic E-state index is 9.70. The van der Waals surface area contributed by atoms with Crippen LogP contribution < -0.4 is 0 Å². The van der Waals surface area contributed by atoms with Gasteiger partial charge in [0.1, 0.15) is 24.9 Å². The number of benzene rings is 1. The lowest BCUT2D eigenvalue weighted by molar-refractivity contribution is -0.538. The van der Waals surface area contributed by atoms with Crippen molar-refractivity contribution in [2.45, 2.75) is 57.4 Å². The van der Waals surface area contributed by atoms with Crippen molar-refractivity contribution in [1.82, 2.24) is 0 Å². The van der Waals surface area contributed by atoms with Crippen LogP contribution >= 0.6 is 0 Å². The number of nitriles is 1. The molecule has 2 unspecified atom stereocenters. The van der Waals surface area contributed by atoms with Crippen molar-refractivity contribution in [3.8, 4) is 6.07 Å². The molecule has 5 atom stereocenters. The van der Waals surface area contributed by atoms with Gasteiger partial charge in [0, 0.05) is 24.7 Å². The van der Waals surface area contributed by atoms with Gasteiger partial charge < -0.3 is 5.41 Å². The van der Waals surface area contributed by atoms with Crippen molar-refractivity contribution in [1.29, 1.82) is 5.26 Å². The van der Waals surface area contributed by atoms with Gasteiger partial charge >= 0.3 is 0 Å². The van der Waals surface area contributed by atoms with Crippen LogP contribution in [0.3, 0.4) is 0 Å². The molecule has 28 heavy (non-hydrogen) atoms. The van der Waals surface area contributed by atoms with Crippen LogP contribution in [0.15, 0.2) is 47.6 Å². The van der Waals surface area contributed by atoms with Gasteiger partial charge in [-0.1, -0.05) is 48.4 Å². The summed E-state index contributed by atoms with van der Waals surface area (Å²) in [5.74, 6) is 3.17. The van der Waals surface area contributed by atoms with E-state index in [9.17, 15) is 10.7 Å². The Labute approximate surface area is 168 Å². The van der Waals surface area contributed by atoms with Gasteiger partial charge in [0.2, 0.25) is 0 Å². The Kier molecular flexibility index (Phi) is 5.60. The zero-order valence-electron chi connectivity index (χ0n) is 16.7. The fourth-order valence-corrected chi connectivity index (χ4v) is 5.68. The Balaban J connectivity index is 1.87. The zero-order chi connectivity index (χ0) is 19.5. The minimum absolute atomic E-state index is 0.0997. The lowest BCUT2D eigenvalue weighted by Gasteiger charge is -2.43. The lowest BCUT2D eigenvalue weighted by atomic mass is 9.60. The monoisotopic (exact) mass is 371 g/mol. The van der Waals surface area contributed by atoms with E-state index in [4.69, 9.17) is 0 Å². The minimum atomic E-state index is -0.0997. The third-order valence-electron chi connectivity index (χ3n) is 7.09. The summed E-state index contributed by atoms with van der Waals surface area (Å²) in [5.41, 5.74) is 3.20. The van der Waals surface area contributed by atoms with E-state index in [1.807, 2.05) is 0 Å². The van der Waals surface area contributed by atoms with Crippen molar-refractivity contribution < 1.29 is 4.58 Å². The van der Waals surface area contributed by atoms with E-state index in [-0.39, 0.29) is 11.8 Å². The molecule has 3 nitrogen and oxygen atoms in total. The minimum Gasteiger partial charge on any atom is -0.762 e. The van der Waals surface area contributed by atoms with Crippen LogP contribution in [0.5, 0.6) is 0 Å². The first-order valence-electron chi connectivity index (χ1n) is 10.8. The molecule has 2 fully saturated rings. The summed E-state index contributed by atoms with van der Waals surface area (Å²) in [6.07, 6.45) is 12.0. The summed E-state index contributed by atoms with van der Waals surface area (Å²) < 4.78 is 2.47. The number of allylic oxidation sites excluding steroid dienone is 3. The molecule has 0 aromatic heterocycles. The second-order valence-corrected chi connectivity index (χ2v) is 8.65. The van der Waals surface area contributed by atoms with Crippen LogP contribution in [-0.4, -0.2) is 29.2 Å². The molecule has 2 aliphatic carbocycles. The topological polar surface area (TPSA) is 49.1 Å². The first-order chi connectivity index (χ1) is 13.7. The van der Waals surface area contributed by atoms with E-state index < -0.39 is 0 Å². The quantitative estimate of drug-likeness (QED) is 0.316. The second-order valence-electron chi connectivity index (χ2n) is 8.65. The van der Waals surface area contributed by atoms with E-state index in [0.29, 0.717) is 23.5 Å². The molecule has 0 spiro atoms. The van der Waals surface area contributed by atoms with E-state index in [0.717, 1.165) is 13.0 Å². The molecule has 1 aromatic rings. The molecule has 1 aliphatic heterocycles. The van der Waals surface area contributed by atoms with Crippen LogP contribution in [0.25, 0.3) is 5.41 Å². The number of hydrogen-bond acceptors (Lipinski definition) is 1. The fraction of sp³-hybridized carbons (Fsp3) is 0.520. The molecule has 1 saturated carbocycles. The smallest absolute Gasteiger partial charge is 0.149 e. The molecule has 1 saturated heterocycles. The zero-order valence-corrected chi connectivity index (χ0v) is 16.7. The summed E-state index contributed by atoms with van der Waals surface area (Å²) in [4.78, 5) is 0. The van der Waals surface area contributed by atoms with Gasteiger partial charge in [0.15, 0.2) is 0 Å². The van der Waals surface area contributed by atoms with Gasteiger partial charge in [-0.15, -0.1) is 0 Å². The predicted octanol–water partition coefficient (Wildman–Crippen LogP) is 5.09. The largest absolute Gasteiger partial charge is 0.762 e. The van der Waals surface area contributed by atoms with Crippen molar-refractivity contribution >= 4 is 12.1 Å². The van der Waals surface area contributed by atoms with E-state index in [1.165, 1.54) is 43.2 Å². The molecule has 0 N–H and O–H groups in total. The first-order valence-corrected chi connectivity index (χ1v) is 10.8. The highest BCUT2D eigenvalue weighted by molar-refractivity contribution is 5.71. The standard InChI is InChI=1S/C25H29N3/c1-18-8-7-13-28(18)17-24-23(21(15-26)16-27)14-20-11-5-6-12-22(20)25(24)19-9-3-2-4-10-19/h2-4,9-10,14,17-18,22-25H,5-8,11-13H2,1H3/t18-,22-,23?,24?,25+/m1/s1. The Morgan fingerprint density at radius 3 is 2.68 bits per heavy atom. The first kappa shape index (κ1) is 18.9. The number of nitrogens with zero attached hydrogens (tertiary/aromatic N) is 3. The van der Waals surface area contributed by atoms with Gasteiger partial charge in [-0.2, -0.15) is 5.26 Å². The van der Waals surface area contributed by atoms with Crippen molar-refractivity contribution in [2.75, 3.05) is 6.54 Å². The number of rotatable bonds is 3. The van der Waals surface area contributed by atoms with E-state index in [2.05, 4.69) is 66.1 Å². The van der Waals surface area contributed by atoms with Gasteiger partial charge in [-0.25, -0.2) is 4.58 Å². The fourth-order valence-electron chi connectivity index (χ4n) is 5.68. The molecule has 0 radical (unpaired) electrons. The van der Waals surface area contributed by atoms with Crippen molar-refractivity contribution in [3.63, 3.8) is 0 Å². The molecule has 1 heterocycles. The van der Waals surface area contributed by atoms with Crippen LogP contribution in [0, 0.1) is 29.1 Å². The highest BCUT2D eigenvalue weighted by atomic mass is 15.0. The van der Waals surface area contributed by atoms with Crippen LogP contribution in [0.1, 0.15) is 56.9 Å². The Bertz CT molecular complexity index is 867. The molecule has 4 rings (SSSR count). The average Bonchev–Trinajstić information content (AvgIpc) is 3.14. The molecular formula is C25H29N3. The SMILES string of the molecule is C[C@@H]1CCC[N+]1=CC1C(C(=C=[N-])C#N)C=C2CCCC[C@H]2[C@@H]1c1ccccc1. The van der Waals surface area contributed by atoms with Gasteiger partial charge in [0.25, 0.3) is 0 Å². The molecular weight excluding hydrogens is 342 g/mol. The second kappa shape index (κ2) is 8.29. The summed E-state index contributed by atoms with van der Waals surface area (Å²) in [6, 6.07) is 13.6. The maximum atomic E-state index is 9.70. The van der Waals surface area contributed by atoms with Crippen molar-refractivity contribution in [2.24, 2.45) is 17.8 Å².